The molecular weight excluding hydrogens is 523 g/mol. The van der Waals surface area contributed by atoms with Crippen molar-refractivity contribution in [3.63, 3.8) is 0 Å². The lowest BCUT2D eigenvalue weighted by atomic mass is 10.0. The number of nitrogens with zero attached hydrogens (tertiary/aromatic N) is 3. The van der Waals surface area contributed by atoms with E-state index in [0.29, 0.717) is 5.11 Å². The average Bonchev–Trinajstić information content (AvgIpc) is 3.42. The van der Waals surface area contributed by atoms with Crippen molar-refractivity contribution in [3.8, 4) is 5.69 Å². The largest absolute Gasteiger partial charge is 0.351 e. The van der Waals surface area contributed by atoms with Crippen molar-refractivity contribution in [1.29, 1.82) is 0 Å². The van der Waals surface area contributed by atoms with Crippen LogP contribution in [0.5, 0.6) is 0 Å². The van der Waals surface area contributed by atoms with Gasteiger partial charge in [0.1, 0.15) is 11.9 Å². The van der Waals surface area contributed by atoms with Crippen molar-refractivity contribution in [3.05, 3.63) is 111 Å². The molecule has 0 aliphatic carbocycles. The van der Waals surface area contributed by atoms with Gasteiger partial charge in [-0.3, -0.25) is 4.98 Å². The summed E-state index contributed by atoms with van der Waals surface area (Å²) in [6, 6.07) is 20.4. The fourth-order valence-corrected chi connectivity index (χ4v) is 4.98. The molecule has 166 valence electrons. The summed E-state index contributed by atoms with van der Waals surface area (Å²) in [7, 11) is 0. The van der Waals surface area contributed by atoms with Gasteiger partial charge in [-0.25, -0.2) is 4.39 Å². The predicted octanol–water partition coefficient (Wildman–Crippen LogP) is 6.91. The number of rotatable bonds is 4. The highest BCUT2D eigenvalue weighted by atomic mass is 79.9. The Morgan fingerprint density at radius 2 is 1.88 bits per heavy atom. The number of pyridine rings is 1. The van der Waals surface area contributed by atoms with Crippen LogP contribution in [0.2, 0.25) is 5.02 Å². The quantitative estimate of drug-likeness (QED) is 0.285. The van der Waals surface area contributed by atoms with Crippen LogP contribution in [-0.2, 0) is 0 Å². The lowest BCUT2D eigenvalue weighted by Gasteiger charge is -2.29. The smallest absolute Gasteiger partial charge is 0.174 e. The molecule has 4 aromatic rings. The second-order valence-electron chi connectivity index (χ2n) is 7.83. The summed E-state index contributed by atoms with van der Waals surface area (Å²) in [5.41, 5.74) is 4.70. The normalized spacial score (nSPS) is 17.9. The molecule has 33 heavy (non-hydrogen) atoms. The topological polar surface area (TPSA) is 33.1 Å². The van der Waals surface area contributed by atoms with Gasteiger partial charge < -0.3 is 14.8 Å². The molecule has 8 heteroatoms. The lowest BCUT2D eigenvalue weighted by Crippen LogP contribution is -2.30. The monoisotopic (exact) mass is 540 g/mol. The Morgan fingerprint density at radius 3 is 2.61 bits per heavy atom. The van der Waals surface area contributed by atoms with Gasteiger partial charge >= 0.3 is 0 Å². The third-order valence-electron chi connectivity index (χ3n) is 5.78. The molecule has 2 atom stereocenters. The fraction of sp³-hybridized carbons (Fsp3) is 0.120. The van der Waals surface area contributed by atoms with E-state index in [2.05, 4.69) is 44.1 Å². The highest BCUT2D eigenvalue weighted by molar-refractivity contribution is 9.10. The third-order valence-corrected chi connectivity index (χ3v) is 7.28. The number of halogens is 3. The Bertz CT molecular complexity index is 1340. The molecule has 0 unspecified atom stereocenters. The van der Waals surface area contributed by atoms with Crippen LogP contribution < -0.4 is 10.2 Å². The first-order valence-electron chi connectivity index (χ1n) is 10.3. The fourth-order valence-electron chi connectivity index (χ4n) is 4.22. The molecule has 0 spiro atoms. The maximum absolute atomic E-state index is 13.8. The molecule has 0 bridgehead atoms. The molecule has 1 N–H and O–H groups in total. The van der Waals surface area contributed by atoms with Crippen molar-refractivity contribution in [2.24, 2.45) is 0 Å². The molecule has 0 saturated carbocycles. The molecule has 4 nitrogen and oxygen atoms in total. The number of benzene rings is 2. The molecule has 2 aromatic heterocycles. The Balaban J connectivity index is 1.68. The van der Waals surface area contributed by atoms with E-state index in [1.807, 2.05) is 53.2 Å². The first-order chi connectivity index (χ1) is 15.9. The first-order valence-corrected chi connectivity index (χ1v) is 11.9. The van der Waals surface area contributed by atoms with Crippen LogP contribution in [0, 0.1) is 12.7 Å². The number of aryl methyl sites for hydroxylation is 1. The second-order valence-corrected chi connectivity index (χ2v) is 9.48. The molecule has 0 radical (unpaired) electrons. The molecule has 0 amide bonds. The van der Waals surface area contributed by atoms with Crippen LogP contribution in [0.25, 0.3) is 5.69 Å². The van der Waals surface area contributed by atoms with Crippen molar-refractivity contribution in [1.82, 2.24) is 14.9 Å². The van der Waals surface area contributed by atoms with E-state index in [-0.39, 0.29) is 17.1 Å². The Morgan fingerprint density at radius 1 is 1.06 bits per heavy atom. The zero-order valence-corrected chi connectivity index (χ0v) is 20.7. The maximum atomic E-state index is 13.8. The molecule has 2 aromatic carbocycles. The molecule has 1 aliphatic rings. The van der Waals surface area contributed by atoms with E-state index in [0.717, 1.165) is 32.8 Å². The number of thiocarbonyl (C=S) groups is 1. The summed E-state index contributed by atoms with van der Waals surface area (Å²) in [5, 5.41) is 4.16. The van der Waals surface area contributed by atoms with Crippen molar-refractivity contribution in [2.75, 3.05) is 4.90 Å². The van der Waals surface area contributed by atoms with E-state index in [1.54, 1.807) is 18.3 Å². The number of anilines is 1. The summed E-state index contributed by atoms with van der Waals surface area (Å²) in [6.45, 7) is 2.05. The van der Waals surface area contributed by atoms with Crippen molar-refractivity contribution in [2.45, 2.75) is 19.0 Å². The number of aromatic nitrogens is 2. The van der Waals surface area contributed by atoms with Gasteiger partial charge in [0.05, 0.1) is 16.8 Å². The van der Waals surface area contributed by atoms with Gasteiger partial charge in [0.2, 0.25) is 0 Å². The minimum absolute atomic E-state index is 0.0777. The van der Waals surface area contributed by atoms with E-state index in [9.17, 15) is 4.39 Å². The molecule has 1 aliphatic heterocycles. The molecule has 1 fully saturated rings. The Kier molecular flexibility index (Phi) is 5.95. The van der Waals surface area contributed by atoms with Crippen molar-refractivity contribution < 1.29 is 4.39 Å². The van der Waals surface area contributed by atoms with Crippen LogP contribution in [0.1, 0.15) is 29.0 Å². The van der Waals surface area contributed by atoms with Gasteiger partial charge in [0, 0.05) is 33.9 Å². The second kappa shape index (κ2) is 8.89. The SMILES string of the molecule is Cc1cc(N2C(=S)N[C@H](c3ccccn3)[C@@H]2c2cccn2-c2ccc(F)c(Cl)c2)ccc1Br. The third kappa shape index (κ3) is 4.05. The van der Waals surface area contributed by atoms with E-state index >= 15 is 0 Å². The zero-order valence-electron chi connectivity index (χ0n) is 17.5. The van der Waals surface area contributed by atoms with Gasteiger partial charge in [0.25, 0.3) is 0 Å². The average molecular weight is 542 g/mol. The number of nitrogens with one attached hydrogen (secondary N) is 1. The highest BCUT2D eigenvalue weighted by Crippen LogP contribution is 2.43. The van der Waals surface area contributed by atoms with E-state index in [1.165, 1.54) is 6.07 Å². The van der Waals surface area contributed by atoms with Gasteiger partial charge in [-0.05, 0) is 85.4 Å². The van der Waals surface area contributed by atoms with Crippen LogP contribution in [0.15, 0.2) is 83.6 Å². The van der Waals surface area contributed by atoms with Gasteiger partial charge in [0.15, 0.2) is 5.11 Å². The Labute approximate surface area is 210 Å². The predicted molar refractivity (Wildman–Crippen MR) is 138 cm³/mol. The van der Waals surface area contributed by atoms with Gasteiger partial charge in [-0.15, -0.1) is 0 Å². The standard InChI is InChI=1S/C25H19BrClFN4S/c1-15-13-17(7-9-18(15)26)32-24(23(30-25(32)33)21-5-2-3-11-29-21)22-6-4-12-31(22)16-8-10-20(28)19(27)14-16/h2-14,23-24H,1H3,(H,30,33)/t23-,24+/m1/s1. The minimum Gasteiger partial charge on any atom is -0.351 e. The van der Waals surface area contributed by atoms with Crippen molar-refractivity contribution >= 4 is 50.5 Å². The number of hydrogen-bond acceptors (Lipinski definition) is 2. The molecular formula is C25H19BrClFN4S. The van der Waals surface area contributed by atoms with Crippen LogP contribution in [0.3, 0.4) is 0 Å². The summed E-state index contributed by atoms with van der Waals surface area (Å²) in [6.07, 6.45) is 3.73. The maximum Gasteiger partial charge on any atom is 0.174 e. The van der Waals surface area contributed by atoms with Gasteiger partial charge in [-0.2, -0.15) is 0 Å². The zero-order chi connectivity index (χ0) is 23.1. The lowest BCUT2D eigenvalue weighted by molar-refractivity contribution is 0.549. The van der Waals surface area contributed by atoms with E-state index < -0.39 is 5.82 Å². The summed E-state index contributed by atoms with van der Waals surface area (Å²) < 4.78 is 16.9. The Hall–Kier alpha value is -2.74. The van der Waals surface area contributed by atoms with E-state index in [4.69, 9.17) is 23.8 Å². The summed E-state index contributed by atoms with van der Waals surface area (Å²) in [4.78, 5) is 6.72. The van der Waals surface area contributed by atoms with Crippen LogP contribution in [0.4, 0.5) is 10.1 Å². The van der Waals surface area contributed by atoms with Crippen LogP contribution >= 0.6 is 39.7 Å². The first kappa shape index (κ1) is 22.1. The highest BCUT2D eigenvalue weighted by Gasteiger charge is 2.42. The minimum atomic E-state index is -0.448. The molecule has 1 saturated heterocycles. The number of hydrogen-bond donors (Lipinski definition) is 1. The molecule has 5 rings (SSSR count). The van der Waals surface area contributed by atoms with Gasteiger partial charge in [-0.1, -0.05) is 33.6 Å². The summed E-state index contributed by atoms with van der Waals surface area (Å²) in [5.74, 6) is -0.448. The summed E-state index contributed by atoms with van der Waals surface area (Å²) >= 11 is 15.5. The molecule has 3 heterocycles. The van der Waals surface area contributed by atoms with Crippen LogP contribution in [-0.4, -0.2) is 14.7 Å².